The summed E-state index contributed by atoms with van der Waals surface area (Å²) in [5.74, 6) is -1.00. The number of carbonyl (C=O) groups is 1. The van der Waals surface area contributed by atoms with E-state index in [9.17, 15) is 17.6 Å². The number of anilines is 1. The maximum Gasteiger partial charge on any atom is 0.280 e. The van der Waals surface area contributed by atoms with Gasteiger partial charge in [0, 0.05) is 31.5 Å². The largest absolute Gasteiger partial charge is 0.280 e. The van der Waals surface area contributed by atoms with E-state index in [1.165, 1.54) is 48.7 Å². The topological polar surface area (TPSA) is 131 Å². The standard InChI is InChI=1S/C27H21FN6O3S2/c28-22-10-13-24-25(18-22)38-27(32-24)34(31-19-20-6-2-1-3-7-20)26(35)21-8-11-23(12-9-21)39(36,37)33(16-4-14-29)17-5-15-30/h1-3,6-13,18-19H,4-5,16-17H2/b31-19+. The van der Waals surface area contributed by atoms with Crippen molar-refractivity contribution in [3.63, 3.8) is 0 Å². The molecule has 0 saturated heterocycles. The van der Waals surface area contributed by atoms with Crippen molar-refractivity contribution in [3.8, 4) is 12.1 Å². The molecule has 39 heavy (non-hydrogen) atoms. The molecule has 1 amide bonds. The third-order valence-electron chi connectivity index (χ3n) is 5.52. The van der Waals surface area contributed by atoms with Crippen molar-refractivity contribution in [2.45, 2.75) is 17.7 Å². The summed E-state index contributed by atoms with van der Waals surface area (Å²) in [5, 5.41) is 23.4. The monoisotopic (exact) mass is 560 g/mol. The number of thiazole rings is 1. The smallest absolute Gasteiger partial charge is 0.267 e. The van der Waals surface area contributed by atoms with Crippen LogP contribution in [0.2, 0.25) is 0 Å². The van der Waals surface area contributed by atoms with Crippen LogP contribution in [0, 0.1) is 28.5 Å². The third kappa shape index (κ3) is 6.51. The molecule has 0 N–H and O–H groups in total. The molecule has 12 heteroatoms. The highest BCUT2D eigenvalue weighted by atomic mass is 32.2. The first-order chi connectivity index (χ1) is 18.8. The molecule has 1 heterocycles. The van der Waals surface area contributed by atoms with Gasteiger partial charge in [0.2, 0.25) is 15.2 Å². The van der Waals surface area contributed by atoms with E-state index in [-0.39, 0.29) is 41.5 Å². The van der Waals surface area contributed by atoms with Crippen molar-refractivity contribution < 1.29 is 17.6 Å². The van der Waals surface area contributed by atoms with Crippen LogP contribution in [0.25, 0.3) is 10.2 Å². The van der Waals surface area contributed by atoms with Gasteiger partial charge in [0.15, 0.2) is 0 Å². The number of amides is 1. The normalized spacial score (nSPS) is 11.5. The highest BCUT2D eigenvalue weighted by molar-refractivity contribution is 7.89. The van der Waals surface area contributed by atoms with Gasteiger partial charge in [-0.1, -0.05) is 41.7 Å². The average molecular weight is 561 g/mol. The van der Waals surface area contributed by atoms with Crippen LogP contribution >= 0.6 is 11.3 Å². The highest BCUT2D eigenvalue weighted by Gasteiger charge is 2.26. The number of sulfonamides is 1. The number of nitriles is 2. The SMILES string of the molecule is N#CCCN(CCC#N)S(=O)(=O)c1ccc(C(=O)N(/N=C/c2ccccc2)c2nc3ccc(F)cc3s2)cc1. The Morgan fingerprint density at radius 2 is 1.67 bits per heavy atom. The number of hydrazone groups is 1. The Labute approximate surface area is 228 Å². The summed E-state index contributed by atoms with van der Waals surface area (Å²) in [5.41, 5.74) is 1.38. The Morgan fingerprint density at radius 1 is 1.00 bits per heavy atom. The number of halogens is 1. The lowest BCUT2D eigenvalue weighted by atomic mass is 10.2. The van der Waals surface area contributed by atoms with E-state index < -0.39 is 21.7 Å². The molecular formula is C27H21FN6O3S2. The van der Waals surface area contributed by atoms with Gasteiger partial charge in [0.1, 0.15) is 5.82 Å². The van der Waals surface area contributed by atoms with Gasteiger partial charge in [-0.05, 0) is 48.0 Å². The van der Waals surface area contributed by atoms with E-state index in [1.807, 2.05) is 42.5 Å². The molecule has 9 nitrogen and oxygen atoms in total. The first-order valence-electron chi connectivity index (χ1n) is 11.7. The van der Waals surface area contributed by atoms with Crippen molar-refractivity contribution in [2.75, 3.05) is 18.1 Å². The summed E-state index contributed by atoms with van der Waals surface area (Å²) in [4.78, 5) is 17.9. The minimum absolute atomic E-state index is 0.0261. The second-order valence-corrected chi connectivity index (χ2v) is 11.1. The van der Waals surface area contributed by atoms with E-state index in [0.717, 1.165) is 26.2 Å². The first-order valence-corrected chi connectivity index (χ1v) is 13.9. The average Bonchev–Trinajstić information content (AvgIpc) is 3.36. The number of hydrogen-bond donors (Lipinski definition) is 0. The molecule has 0 spiro atoms. The summed E-state index contributed by atoms with van der Waals surface area (Å²) in [6, 6.07) is 22.4. The van der Waals surface area contributed by atoms with Crippen LogP contribution in [-0.4, -0.2) is 42.9 Å². The van der Waals surface area contributed by atoms with Gasteiger partial charge in [0.25, 0.3) is 5.91 Å². The minimum atomic E-state index is -4.00. The van der Waals surface area contributed by atoms with Crippen LogP contribution in [0.15, 0.2) is 82.8 Å². The minimum Gasteiger partial charge on any atom is -0.267 e. The lowest BCUT2D eigenvalue weighted by Gasteiger charge is -2.20. The summed E-state index contributed by atoms with van der Waals surface area (Å²) >= 11 is 1.09. The second kappa shape index (κ2) is 12.4. The Morgan fingerprint density at radius 3 is 2.31 bits per heavy atom. The van der Waals surface area contributed by atoms with E-state index in [4.69, 9.17) is 10.5 Å². The molecule has 3 aromatic carbocycles. The molecule has 0 aliphatic carbocycles. The van der Waals surface area contributed by atoms with Crippen LogP contribution in [0.5, 0.6) is 0 Å². The Balaban J connectivity index is 1.67. The van der Waals surface area contributed by atoms with E-state index in [1.54, 1.807) is 0 Å². The van der Waals surface area contributed by atoms with Crippen molar-refractivity contribution in [1.29, 1.82) is 10.5 Å². The number of benzene rings is 3. The van der Waals surface area contributed by atoms with Crippen LogP contribution < -0.4 is 5.01 Å². The third-order valence-corrected chi connectivity index (χ3v) is 8.43. The van der Waals surface area contributed by atoms with Crippen LogP contribution in [-0.2, 0) is 10.0 Å². The molecule has 4 aromatic rings. The number of hydrogen-bond acceptors (Lipinski definition) is 8. The number of carbonyl (C=O) groups excluding carboxylic acids is 1. The van der Waals surface area contributed by atoms with Crippen LogP contribution in [0.4, 0.5) is 9.52 Å². The summed E-state index contributed by atoms with van der Waals surface area (Å²) in [7, 11) is -4.00. The Bertz CT molecular complexity index is 1670. The lowest BCUT2D eigenvalue weighted by molar-refractivity contribution is 0.0987. The summed E-state index contributed by atoms with van der Waals surface area (Å²) in [6.45, 7) is -0.108. The molecule has 0 atom stereocenters. The fourth-order valence-electron chi connectivity index (χ4n) is 3.57. The fourth-order valence-corrected chi connectivity index (χ4v) is 5.96. The number of rotatable bonds is 10. The molecule has 0 radical (unpaired) electrons. The van der Waals surface area contributed by atoms with E-state index in [0.29, 0.717) is 10.2 Å². The summed E-state index contributed by atoms with van der Waals surface area (Å²) in [6.07, 6.45) is 1.44. The maximum atomic E-state index is 13.8. The summed E-state index contributed by atoms with van der Waals surface area (Å²) < 4.78 is 41.6. The van der Waals surface area contributed by atoms with Gasteiger partial charge in [-0.2, -0.15) is 24.9 Å². The van der Waals surface area contributed by atoms with Gasteiger partial charge in [-0.15, -0.1) is 0 Å². The van der Waals surface area contributed by atoms with Gasteiger partial charge in [-0.3, -0.25) is 4.79 Å². The molecule has 0 bridgehead atoms. The van der Waals surface area contributed by atoms with Gasteiger partial charge >= 0.3 is 0 Å². The van der Waals surface area contributed by atoms with Crippen LogP contribution in [0.1, 0.15) is 28.8 Å². The molecule has 0 fully saturated rings. The highest BCUT2D eigenvalue weighted by Crippen LogP contribution is 2.31. The number of nitrogens with zero attached hydrogens (tertiary/aromatic N) is 6. The molecule has 0 aliphatic heterocycles. The van der Waals surface area contributed by atoms with E-state index >= 15 is 0 Å². The predicted octanol–water partition coefficient (Wildman–Crippen LogP) is 4.93. The molecule has 1 aromatic heterocycles. The fraction of sp³-hybridized carbons (Fsp3) is 0.148. The number of aromatic nitrogens is 1. The van der Waals surface area contributed by atoms with Gasteiger partial charge in [-0.25, -0.2) is 17.8 Å². The maximum absolute atomic E-state index is 13.8. The molecule has 0 saturated carbocycles. The molecular weight excluding hydrogens is 539 g/mol. The second-order valence-electron chi connectivity index (χ2n) is 8.13. The predicted molar refractivity (Wildman–Crippen MR) is 146 cm³/mol. The first kappa shape index (κ1) is 27.5. The van der Waals surface area contributed by atoms with Crippen LogP contribution in [0.3, 0.4) is 0 Å². The zero-order valence-corrected chi connectivity index (χ0v) is 22.1. The van der Waals surface area contributed by atoms with Gasteiger partial charge < -0.3 is 0 Å². The van der Waals surface area contributed by atoms with Gasteiger partial charge in [0.05, 0.1) is 33.5 Å². The lowest BCUT2D eigenvalue weighted by Crippen LogP contribution is -2.33. The Hall–Kier alpha value is -4.49. The molecule has 0 aliphatic rings. The van der Waals surface area contributed by atoms with Crippen molar-refractivity contribution in [2.24, 2.45) is 5.10 Å². The van der Waals surface area contributed by atoms with E-state index in [2.05, 4.69) is 10.1 Å². The quantitative estimate of drug-likeness (QED) is 0.200. The van der Waals surface area contributed by atoms with Crippen molar-refractivity contribution in [3.05, 3.63) is 89.7 Å². The zero-order valence-electron chi connectivity index (χ0n) is 20.4. The van der Waals surface area contributed by atoms with Crippen molar-refractivity contribution >= 4 is 48.8 Å². The molecule has 0 unspecified atom stereocenters. The molecule has 196 valence electrons. The number of fused-ring (bicyclic) bond motifs is 1. The zero-order chi connectivity index (χ0) is 27.8. The molecule has 4 rings (SSSR count). The van der Waals surface area contributed by atoms with Crippen molar-refractivity contribution in [1.82, 2.24) is 9.29 Å². The Kier molecular flexibility index (Phi) is 8.74.